The lowest BCUT2D eigenvalue weighted by atomic mass is 9.88. The second-order valence-corrected chi connectivity index (χ2v) is 3.47. The van der Waals surface area contributed by atoms with E-state index >= 15 is 0 Å². The highest BCUT2D eigenvalue weighted by Crippen LogP contribution is 2.28. The number of halogens is 6. The van der Waals surface area contributed by atoms with Crippen molar-refractivity contribution in [3.63, 3.8) is 0 Å². The van der Waals surface area contributed by atoms with Gasteiger partial charge < -0.3 is 0 Å². The first-order valence-corrected chi connectivity index (χ1v) is 4.46. The number of hydrogen-bond donors (Lipinski definition) is 0. The molecule has 0 aliphatic carbocycles. The molecule has 2 aromatic carbocycles. The van der Waals surface area contributed by atoms with Crippen LogP contribution in [0.25, 0.3) is 10.8 Å². The Morgan fingerprint density at radius 1 is 0.647 bits per heavy atom. The molecule has 0 radical (unpaired) electrons. The molecule has 0 aliphatic heterocycles. The summed E-state index contributed by atoms with van der Waals surface area (Å²) in [6.45, 7) is 0. The lowest BCUT2D eigenvalue weighted by molar-refractivity contribution is 0.416. The molecule has 2 aromatic rings. The first kappa shape index (κ1) is 11.8. The van der Waals surface area contributed by atoms with Crippen molar-refractivity contribution in [2.75, 3.05) is 0 Å². The fourth-order valence-corrected chi connectivity index (χ4v) is 1.62. The Bertz CT molecular complexity index is 637. The normalized spacial score (nSPS) is 11.2. The van der Waals surface area contributed by atoms with Gasteiger partial charge in [-0.15, -0.1) is 0 Å². The molecule has 0 amide bonds. The van der Waals surface area contributed by atoms with Crippen LogP contribution in [-0.2, 0) is 0 Å². The Labute approximate surface area is 92.3 Å². The summed E-state index contributed by atoms with van der Waals surface area (Å²) in [7, 11) is 1.01. The van der Waals surface area contributed by atoms with Gasteiger partial charge in [0.1, 0.15) is 19.5 Å². The van der Waals surface area contributed by atoms with E-state index in [1.54, 1.807) is 0 Å². The minimum Gasteiger partial charge on any atom is -0.208 e. The standard InChI is InChI=1S/C10H3BF6/c11-6-3(13)1-2(12)4-5(6)8(15)10(17)9(16)7(4)14/h1H,11H2. The van der Waals surface area contributed by atoms with Gasteiger partial charge in [-0.1, -0.05) is 0 Å². The smallest absolute Gasteiger partial charge is 0.198 e. The molecule has 0 aromatic heterocycles. The van der Waals surface area contributed by atoms with Crippen LogP contribution in [-0.4, -0.2) is 7.85 Å². The van der Waals surface area contributed by atoms with Gasteiger partial charge in [-0.25, -0.2) is 26.3 Å². The highest BCUT2D eigenvalue weighted by molar-refractivity contribution is 6.39. The summed E-state index contributed by atoms with van der Waals surface area (Å²) in [4.78, 5) is 0. The van der Waals surface area contributed by atoms with Gasteiger partial charge in [0.25, 0.3) is 0 Å². The Hall–Kier alpha value is -1.66. The molecule has 0 heterocycles. The molecule has 0 nitrogen and oxygen atoms in total. The highest BCUT2D eigenvalue weighted by Gasteiger charge is 2.25. The van der Waals surface area contributed by atoms with Crippen molar-refractivity contribution in [1.82, 2.24) is 0 Å². The monoisotopic (exact) mass is 248 g/mol. The number of benzene rings is 2. The van der Waals surface area contributed by atoms with Gasteiger partial charge >= 0.3 is 0 Å². The van der Waals surface area contributed by atoms with Crippen molar-refractivity contribution in [1.29, 1.82) is 0 Å². The molecule has 2 rings (SSSR count). The third-order valence-electron chi connectivity index (χ3n) is 2.49. The molecule has 0 bridgehead atoms. The van der Waals surface area contributed by atoms with Crippen molar-refractivity contribution in [3.05, 3.63) is 41.0 Å². The van der Waals surface area contributed by atoms with E-state index in [0.717, 1.165) is 7.85 Å². The largest absolute Gasteiger partial charge is 0.208 e. The van der Waals surface area contributed by atoms with Crippen LogP contribution in [0, 0.1) is 34.9 Å². The van der Waals surface area contributed by atoms with Gasteiger partial charge in [0.15, 0.2) is 23.3 Å². The fraction of sp³-hybridized carbons (Fsp3) is 0. The zero-order chi connectivity index (χ0) is 12.9. The van der Waals surface area contributed by atoms with E-state index in [1.807, 2.05) is 0 Å². The van der Waals surface area contributed by atoms with E-state index in [9.17, 15) is 26.3 Å². The fourth-order valence-electron chi connectivity index (χ4n) is 1.62. The minimum atomic E-state index is -2.13. The van der Waals surface area contributed by atoms with Crippen molar-refractivity contribution >= 4 is 24.1 Å². The maximum atomic E-state index is 13.3. The van der Waals surface area contributed by atoms with E-state index in [2.05, 4.69) is 0 Å². The number of hydrogen-bond acceptors (Lipinski definition) is 0. The molecule has 17 heavy (non-hydrogen) atoms. The van der Waals surface area contributed by atoms with Crippen molar-refractivity contribution in [3.8, 4) is 0 Å². The van der Waals surface area contributed by atoms with Crippen LogP contribution in [0.3, 0.4) is 0 Å². The van der Waals surface area contributed by atoms with E-state index in [-0.39, 0.29) is 6.07 Å². The first-order valence-electron chi connectivity index (χ1n) is 4.46. The lowest BCUT2D eigenvalue weighted by Crippen LogP contribution is -2.15. The van der Waals surface area contributed by atoms with E-state index in [0.29, 0.717) is 0 Å². The Morgan fingerprint density at radius 2 is 1.12 bits per heavy atom. The molecule has 0 fully saturated rings. The Balaban J connectivity index is 3.17. The van der Waals surface area contributed by atoms with Crippen LogP contribution in [0.4, 0.5) is 26.3 Å². The Morgan fingerprint density at radius 3 is 1.65 bits per heavy atom. The predicted octanol–water partition coefficient (Wildman–Crippen LogP) is 1.93. The van der Waals surface area contributed by atoms with Crippen molar-refractivity contribution < 1.29 is 26.3 Å². The van der Waals surface area contributed by atoms with Crippen LogP contribution < -0.4 is 5.46 Å². The third-order valence-corrected chi connectivity index (χ3v) is 2.49. The number of fused-ring (bicyclic) bond motifs is 1. The molecule has 0 saturated heterocycles. The topological polar surface area (TPSA) is 0 Å². The summed E-state index contributed by atoms with van der Waals surface area (Å²) in [6, 6.07) is 0.289. The summed E-state index contributed by atoms with van der Waals surface area (Å²) in [5, 5.41) is -2.03. The van der Waals surface area contributed by atoms with Crippen LogP contribution in [0.5, 0.6) is 0 Å². The summed E-state index contributed by atoms with van der Waals surface area (Å²) in [6.07, 6.45) is 0. The van der Waals surface area contributed by atoms with Crippen LogP contribution in [0.15, 0.2) is 6.07 Å². The number of rotatable bonds is 0. The van der Waals surface area contributed by atoms with Gasteiger partial charge in [0, 0.05) is 11.5 Å². The van der Waals surface area contributed by atoms with Gasteiger partial charge in [-0.2, -0.15) is 0 Å². The SMILES string of the molecule is Bc1c(F)cc(F)c2c(F)c(F)c(F)c(F)c12. The zero-order valence-electron chi connectivity index (χ0n) is 8.35. The summed E-state index contributed by atoms with van der Waals surface area (Å²) in [5.74, 6) is -10.6. The van der Waals surface area contributed by atoms with Crippen LogP contribution in [0.1, 0.15) is 0 Å². The molecule has 0 unspecified atom stereocenters. The van der Waals surface area contributed by atoms with Gasteiger partial charge in [0.05, 0.1) is 5.39 Å². The molecular weight excluding hydrogens is 245 g/mol. The third kappa shape index (κ3) is 1.49. The molecular formula is C10H3BF6. The maximum Gasteiger partial charge on any atom is 0.198 e. The average Bonchev–Trinajstić information content (AvgIpc) is 2.28. The second kappa shape index (κ2) is 3.68. The molecule has 0 atom stereocenters. The molecule has 7 heteroatoms. The minimum absolute atomic E-state index is 0.289. The van der Waals surface area contributed by atoms with Gasteiger partial charge in [-0.3, -0.25) is 0 Å². The summed E-state index contributed by atoms with van der Waals surface area (Å²) in [5.41, 5.74) is -0.489. The van der Waals surface area contributed by atoms with E-state index in [4.69, 9.17) is 0 Å². The molecule has 0 spiro atoms. The maximum absolute atomic E-state index is 13.3. The first-order chi connectivity index (χ1) is 7.86. The predicted molar refractivity (Wildman–Crippen MR) is 51.9 cm³/mol. The van der Waals surface area contributed by atoms with Gasteiger partial charge in [0.2, 0.25) is 0 Å². The van der Waals surface area contributed by atoms with Crippen LogP contribution >= 0.6 is 0 Å². The van der Waals surface area contributed by atoms with E-state index < -0.39 is 51.1 Å². The molecule has 0 N–H and O–H groups in total. The van der Waals surface area contributed by atoms with Crippen molar-refractivity contribution in [2.45, 2.75) is 0 Å². The molecule has 0 saturated carbocycles. The van der Waals surface area contributed by atoms with Crippen molar-refractivity contribution in [2.24, 2.45) is 0 Å². The average molecular weight is 248 g/mol. The molecule has 88 valence electrons. The Kier molecular flexibility index (Phi) is 2.56. The van der Waals surface area contributed by atoms with Gasteiger partial charge in [-0.05, 0) is 5.46 Å². The second-order valence-electron chi connectivity index (χ2n) is 3.47. The summed E-state index contributed by atoms with van der Waals surface area (Å²) >= 11 is 0. The van der Waals surface area contributed by atoms with E-state index in [1.165, 1.54) is 0 Å². The molecule has 0 aliphatic rings. The zero-order valence-corrected chi connectivity index (χ0v) is 8.35. The highest BCUT2D eigenvalue weighted by atomic mass is 19.2. The lowest BCUT2D eigenvalue weighted by Gasteiger charge is -2.09. The van der Waals surface area contributed by atoms with Crippen LogP contribution in [0.2, 0.25) is 0 Å². The summed E-state index contributed by atoms with van der Waals surface area (Å²) < 4.78 is 78.8. The quantitative estimate of drug-likeness (QED) is 0.289.